The lowest BCUT2D eigenvalue weighted by Crippen LogP contribution is -2.06. The topological polar surface area (TPSA) is 40.1 Å². The summed E-state index contributed by atoms with van der Waals surface area (Å²) >= 11 is 0. The maximum Gasteiger partial charge on any atom is 0.221 e. The van der Waals surface area contributed by atoms with Crippen LogP contribution in [0.1, 0.15) is 0 Å². The van der Waals surface area contributed by atoms with Crippen LogP contribution in [0.5, 0.6) is 0 Å². The summed E-state index contributed by atoms with van der Waals surface area (Å²) in [5, 5.41) is 5.93. The Bertz CT molecular complexity index is 3070. The summed E-state index contributed by atoms with van der Waals surface area (Å²) < 4.78 is 6.90. The van der Waals surface area contributed by atoms with Gasteiger partial charge in [0.1, 0.15) is 5.65 Å². The highest BCUT2D eigenvalue weighted by Crippen LogP contribution is 2.38. The molecule has 228 valence electrons. The van der Waals surface area contributed by atoms with Crippen molar-refractivity contribution in [2.24, 2.45) is 0 Å². The molecule has 4 aromatic heterocycles. The Morgan fingerprint density at radius 2 is 0.898 bits per heavy atom. The summed E-state index contributed by atoms with van der Waals surface area (Å²) in [6.45, 7) is 0. The van der Waals surface area contributed by atoms with Crippen molar-refractivity contribution in [2.75, 3.05) is 0 Å². The number of para-hydroxylation sites is 6. The maximum absolute atomic E-state index is 5.32. The fraction of sp³-hybridized carbons (Fsp3) is 0. The Hall–Kier alpha value is -6.72. The average molecular weight is 626 g/mol. The lowest BCUT2D eigenvalue weighted by Gasteiger charge is -2.13. The van der Waals surface area contributed by atoms with Gasteiger partial charge in [0.25, 0.3) is 0 Å². The Morgan fingerprint density at radius 3 is 1.63 bits per heavy atom. The zero-order valence-corrected chi connectivity index (χ0v) is 26.3. The molecule has 0 bridgehead atoms. The van der Waals surface area contributed by atoms with Crippen LogP contribution in [-0.2, 0) is 0 Å². The first-order valence-electron chi connectivity index (χ1n) is 16.6. The van der Waals surface area contributed by atoms with Gasteiger partial charge < -0.3 is 4.57 Å². The van der Waals surface area contributed by atoms with Gasteiger partial charge >= 0.3 is 0 Å². The number of benzene rings is 7. The zero-order valence-electron chi connectivity index (χ0n) is 26.3. The predicted octanol–water partition coefficient (Wildman–Crippen LogP) is 10.9. The van der Waals surface area contributed by atoms with Crippen molar-refractivity contribution in [1.29, 1.82) is 0 Å². The van der Waals surface area contributed by atoms with Crippen molar-refractivity contribution >= 4 is 71.2 Å². The fourth-order valence-electron chi connectivity index (χ4n) is 7.87. The smallest absolute Gasteiger partial charge is 0.221 e. The molecular formula is C44H27N5. The van der Waals surface area contributed by atoms with Gasteiger partial charge in [-0.15, -0.1) is 0 Å². The van der Waals surface area contributed by atoms with E-state index in [1.54, 1.807) is 0 Å². The van der Waals surface area contributed by atoms with Crippen molar-refractivity contribution in [3.8, 4) is 22.8 Å². The van der Waals surface area contributed by atoms with E-state index in [2.05, 4.69) is 165 Å². The zero-order chi connectivity index (χ0) is 32.1. The summed E-state index contributed by atoms with van der Waals surface area (Å²) in [6, 6.07) is 58.3. The summed E-state index contributed by atoms with van der Waals surface area (Å²) in [4.78, 5) is 10.4. The molecule has 0 N–H and O–H groups in total. The van der Waals surface area contributed by atoms with Crippen LogP contribution in [0, 0.1) is 0 Å². The number of hydrogen-bond donors (Lipinski definition) is 0. The summed E-state index contributed by atoms with van der Waals surface area (Å²) in [6.07, 6.45) is 0. The van der Waals surface area contributed by atoms with E-state index in [4.69, 9.17) is 9.97 Å². The molecule has 5 heteroatoms. The van der Waals surface area contributed by atoms with Gasteiger partial charge in [-0.05, 0) is 77.9 Å². The second-order valence-corrected chi connectivity index (χ2v) is 12.7. The van der Waals surface area contributed by atoms with Crippen LogP contribution in [0.25, 0.3) is 94.0 Å². The number of imidazole rings is 1. The molecule has 49 heavy (non-hydrogen) atoms. The number of nitrogens with zero attached hydrogens (tertiary/aromatic N) is 5. The van der Waals surface area contributed by atoms with E-state index >= 15 is 0 Å². The molecule has 0 aliphatic rings. The van der Waals surface area contributed by atoms with Crippen LogP contribution < -0.4 is 0 Å². The minimum absolute atomic E-state index is 0.828. The van der Waals surface area contributed by atoms with Gasteiger partial charge in [0.2, 0.25) is 5.95 Å². The van der Waals surface area contributed by atoms with Gasteiger partial charge in [-0.1, -0.05) is 97.1 Å². The van der Waals surface area contributed by atoms with E-state index < -0.39 is 0 Å². The number of hydrogen-bond acceptors (Lipinski definition) is 2. The van der Waals surface area contributed by atoms with E-state index in [1.165, 1.54) is 43.7 Å². The summed E-state index contributed by atoms with van der Waals surface area (Å²) in [5.41, 5.74) is 11.9. The van der Waals surface area contributed by atoms with Crippen LogP contribution in [0.15, 0.2) is 164 Å². The van der Waals surface area contributed by atoms with Gasteiger partial charge in [0.05, 0.1) is 38.6 Å². The number of fused-ring (bicyclic) bond motifs is 11. The molecule has 0 atom stereocenters. The molecule has 0 radical (unpaired) electrons. The minimum atomic E-state index is 0.828. The summed E-state index contributed by atoms with van der Waals surface area (Å²) in [7, 11) is 0. The molecule has 11 aromatic rings. The Morgan fingerprint density at radius 1 is 0.347 bits per heavy atom. The lowest BCUT2D eigenvalue weighted by atomic mass is 10.0. The van der Waals surface area contributed by atoms with E-state index in [0.29, 0.717) is 0 Å². The lowest BCUT2D eigenvalue weighted by molar-refractivity contribution is 0.979. The van der Waals surface area contributed by atoms with Crippen LogP contribution in [0.3, 0.4) is 0 Å². The first kappa shape index (κ1) is 26.4. The normalized spacial score (nSPS) is 12.1. The molecular weight excluding hydrogens is 599 g/mol. The molecule has 0 amide bonds. The fourth-order valence-corrected chi connectivity index (χ4v) is 7.87. The molecule has 0 unspecified atom stereocenters. The molecule has 11 rings (SSSR count). The van der Waals surface area contributed by atoms with Crippen LogP contribution >= 0.6 is 0 Å². The highest BCUT2D eigenvalue weighted by atomic mass is 15.2. The molecule has 0 saturated carbocycles. The van der Waals surface area contributed by atoms with E-state index in [9.17, 15) is 0 Å². The first-order valence-corrected chi connectivity index (χ1v) is 16.6. The number of rotatable bonds is 3. The maximum atomic E-state index is 5.32. The third kappa shape index (κ3) is 3.70. The van der Waals surface area contributed by atoms with Crippen LogP contribution in [-0.4, -0.2) is 23.5 Å². The molecule has 0 aliphatic heterocycles. The van der Waals surface area contributed by atoms with Crippen molar-refractivity contribution in [1.82, 2.24) is 23.5 Å². The monoisotopic (exact) mass is 625 g/mol. The Kier molecular flexibility index (Phi) is 5.32. The van der Waals surface area contributed by atoms with E-state index in [0.717, 1.165) is 50.3 Å². The van der Waals surface area contributed by atoms with Crippen molar-refractivity contribution in [3.05, 3.63) is 164 Å². The molecule has 7 aromatic carbocycles. The van der Waals surface area contributed by atoms with Crippen LogP contribution in [0.4, 0.5) is 0 Å². The minimum Gasteiger partial charge on any atom is -0.309 e. The summed E-state index contributed by atoms with van der Waals surface area (Å²) in [5.74, 6) is 0.828. The van der Waals surface area contributed by atoms with E-state index in [-0.39, 0.29) is 0 Å². The SMILES string of the molecule is c1cc(-c2ccc3c(c2)c2ccccc2n3-c2nc3ccccc3c3nc4ccccc4n23)cc(-n2c3ccccc3c3ccccc32)c1. The van der Waals surface area contributed by atoms with E-state index in [1.807, 2.05) is 12.1 Å². The van der Waals surface area contributed by atoms with Crippen molar-refractivity contribution in [2.45, 2.75) is 0 Å². The molecule has 0 aliphatic carbocycles. The second-order valence-electron chi connectivity index (χ2n) is 12.7. The van der Waals surface area contributed by atoms with Gasteiger partial charge in [-0.3, -0.25) is 8.97 Å². The standard InChI is InChI=1S/C44H27N5/c1-5-18-36-34(17-1)43-45-37-19-6-10-23-42(37)49(43)44(46-36)48-40-22-9-4-16-33(40)35-27-29(24-25-41(35)48)28-12-11-13-30(26-28)47-38-20-7-2-14-31(38)32-15-3-8-21-39(32)47/h1-27H. The van der Waals surface area contributed by atoms with Gasteiger partial charge in [-0.2, -0.15) is 0 Å². The van der Waals surface area contributed by atoms with Gasteiger partial charge in [0, 0.05) is 32.6 Å². The first-order chi connectivity index (χ1) is 24.3. The third-order valence-corrected chi connectivity index (χ3v) is 10.0. The van der Waals surface area contributed by atoms with Crippen molar-refractivity contribution in [3.63, 3.8) is 0 Å². The average Bonchev–Trinajstić information content (AvgIpc) is 3.83. The van der Waals surface area contributed by atoms with Gasteiger partial charge in [0.15, 0.2) is 0 Å². The highest BCUT2D eigenvalue weighted by molar-refractivity contribution is 6.11. The van der Waals surface area contributed by atoms with Crippen molar-refractivity contribution < 1.29 is 0 Å². The Labute approximate surface area is 280 Å². The van der Waals surface area contributed by atoms with Crippen LogP contribution in [0.2, 0.25) is 0 Å². The Balaban J connectivity index is 1.16. The second kappa shape index (κ2) is 9.89. The number of aromatic nitrogens is 5. The molecule has 0 fully saturated rings. The molecule has 5 nitrogen and oxygen atoms in total. The molecule has 0 saturated heterocycles. The molecule has 4 heterocycles. The quantitative estimate of drug-likeness (QED) is 0.196. The predicted molar refractivity (Wildman–Crippen MR) is 202 cm³/mol. The van der Waals surface area contributed by atoms with Gasteiger partial charge in [-0.25, -0.2) is 9.97 Å². The highest BCUT2D eigenvalue weighted by Gasteiger charge is 2.20. The third-order valence-electron chi connectivity index (χ3n) is 10.0. The largest absolute Gasteiger partial charge is 0.309 e. The molecule has 0 spiro atoms.